The molecule has 55 heavy (non-hydrogen) atoms. The highest BCUT2D eigenvalue weighted by Crippen LogP contribution is 2.43. The molecule has 3 atom stereocenters. The van der Waals surface area contributed by atoms with Crippen LogP contribution in [0, 0.1) is 0 Å². The smallest absolute Gasteiger partial charge is 0.352 e. The van der Waals surface area contributed by atoms with E-state index in [0.29, 0.717) is 24.1 Å². The van der Waals surface area contributed by atoms with E-state index in [9.17, 15) is 24.3 Å². The monoisotopic (exact) mass is 776 g/mol. The Balaban J connectivity index is 1.10. The fourth-order valence-corrected chi connectivity index (χ4v) is 9.24. The van der Waals surface area contributed by atoms with Crippen LogP contribution in [0.15, 0.2) is 119 Å². The van der Waals surface area contributed by atoms with Gasteiger partial charge in [0.1, 0.15) is 17.1 Å². The first kappa shape index (κ1) is 36.2. The van der Waals surface area contributed by atoms with E-state index in [0.717, 1.165) is 47.7 Å². The number of amides is 3. The topological polar surface area (TPSA) is 192 Å². The second-order valence-corrected chi connectivity index (χ2v) is 15.3. The van der Waals surface area contributed by atoms with E-state index in [-0.39, 0.29) is 40.1 Å². The zero-order valence-corrected chi connectivity index (χ0v) is 31.0. The number of nitrogen functional groups attached to an aromatic ring is 1. The maximum Gasteiger partial charge on any atom is 0.352 e. The first-order valence-corrected chi connectivity index (χ1v) is 19.5. The summed E-state index contributed by atoms with van der Waals surface area (Å²) in [6, 6.07) is 27.4. The number of fused-ring (bicyclic) bond motifs is 1. The third kappa shape index (κ3) is 6.66. The molecule has 4 aliphatic heterocycles. The van der Waals surface area contributed by atoms with Crippen molar-refractivity contribution in [2.24, 2.45) is 5.16 Å². The fourth-order valence-electron chi connectivity index (χ4n) is 7.50. The van der Waals surface area contributed by atoms with E-state index in [1.165, 1.54) is 16.7 Å². The third-order valence-corrected chi connectivity index (χ3v) is 12.0. The van der Waals surface area contributed by atoms with Crippen LogP contribution in [0.2, 0.25) is 0 Å². The van der Waals surface area contributed by atoms with Gasteiger partial charge in [-0.1, -0.05) is 96.2 Å². The molecule has 5 N–H and O–H groups in total. The molecule has 1 aromatic heterocycles. The van der Waals surface area contributed by atoms with Gasteiger partial charge in [0, 0.05) is 58.7 Å². The standard InChI is InChI=1S/C39H36N8O6S2/c40-38-43-32(45-55-38)29(44-53-39(25-10-4-1-5-11-25,26-12-6-2-7-13-26)27-14-8-3-9-15-27)33(48)42-30-35(50)47-31(37(51)52)24(22-54-36(30)47)20-23-17-19-46(34(23)49)28-16-18-41-21-28/h1-15,20,28,30,36,41H,16-19,21-22H2,(H,42,48)(H,51,52)(H2,40,43,45)/b23-20+,44-29+/t28-,30-,36?/m1/s1. The third-order valence-electron chi connectivity index (χ3n) is 10.2. The van der Waals surface area contributed by atoms with Crippen LogP contribution >= 0.6 is 23.3 Å². The lowest BCUT2D eigenvalue weighted by molar-refractivity contribution is -0.150. The summed E-state index contributed by atoms with van der Waals surface area (Å²) in [6.07, 6.45) is 2.98. The number of thioether (sulfide) groups is 1. The molecule has 16 heteroatoms. The molecular formula is C39H36N8O6S2. The van der Waals surface area contributed by atoms with Gasteiger partial charge in [-0.15, -0.1) is 11.8 Å². The average molecular weight is 777 g/mol. The number of hydrogen-bond acceptors (Lipinski definition) is 12. The van der Waals surface area contributed by atoms with Crippen molar-refractivity contribution in [3.05, 3.63) is 136 Å². The average Bonchev–Trinajstić information content (AvgIpc) is 3.98. The minimum atomic E-state index is -1.34. The zero-order chi connectivity index (χ0) is 38.1. The van der Waals surface area contributed by atoms with Gasteiger partial charge in [0.2, 0.25) is 23.0 Å². The van der Waals surface area contributed by atoms with Crippen molar-refractivity contribution in [1.29, 1.82) is 0 Å². The van der Waals surface area contributed by atoms with Crippen molar-refractivity contribution >= 4 is 57.8 Å². The number of benzene rings is 3. The van der Waals surface area contributed by atoms with Crippen LogP contribution in [0.3, 0.4) is 0 Å². The summed E-state index contributed by atoms with van der Waals surface area (Å²) in [7, 11) is 0. The predicted octanol–water partition coefficient (Wildman–Crippen LogP) is 3.09. The summed E-state index contributed by atoms with van der Waals surface area (Å²) in [5, 5.41) is 20.1. The molecule has 280 valence electrons. The molecule has 3 saturated heterocycles. The van der Waals surface area contributed by atoms with Gasteiger partial charge in [-0.3, -0.25) is 19.3 Å². The van der Waals surface area contributed by atoms with Crippen LogP contribution < -0.4 is 16.4 Å². The van der Waals surface area contributed by atoms with Gasteiger partial charge in [-0.05, 0) is 31.0 Å². The molecule has 4 aliphatic rings. The SMILES string of the molecule is Nc1nc(/C(=N\OC(c2ccccc2)(c2ccccc2)c2ccccc2)C(=O)N[C@@H]2C(=O)N3C(C(=O)O)=C(/C=C4\CCN([C@@H]5CCNC5)C4=O)CSC23)ns1. The van der Waals surface area contributed by atoms with Gasteiger partial charge in [-0.25, -0.2) is 4.79 Å². The second kappa shape index (κ2) is 15.1. The summed E-state index contributed by atoms with van der Waals surface area (Å²) in [4.78, 5) is 67.6. The Morgan fingerprint density at radius 2 is 1.64 bits per heavy atom. The van der Waals surface area contributed by atoms with Crippen molar-refractivity contribution < 1.29 is 29.1 Å². The number of anilines is 1. The number of carboxylic acid groups (broad SMARTS) is 1. The molecule has 3 aromatic carbocycles. The minimum absolute atomic E-state index is 0.0892. The number of nitrogens with zero attached hydrogens (tertiary/aromatic N) is 5. The number of rotatable bonds is 11. The number of allylic oxidation sites excluding steroid dienone is 1. The summed E-state index contributed by atoms with van der Waals surface area (Å²) in [5.74, 6) is -2.73. The van der Waals surface area contributed by atoms with Gasteiger partial charge < -0.3 is 31.2 Å². The largest absolute Gasteiger partial charge is 0.477 e. The van der Waals surface area contributed by atoms with Gasteiger partial charge in [0.05, 0.1) is 0 Å². The van der Waals surface area contributed by atoms with Crippen molar-refractivity contribution in [3.63, 3.8) is 0 Å². The van der Waals surface area contributed by atoms with Crippen LogP contribution in [0.25, 0.3) is 0 Å². The summed E-state index contributed by atoms with van der Waals surface area (Å²) >= 11 is 2.17. The van der Waals surface area contributed by atoms with Crippen molar-refractivity contribution in [3.8, 4) is 0 Å². The van der Waals surface area contributed by atoms with E-state index < -0.39 is 34.8 Å². The Hall–Kier alpha value is -5.84. The van der Waals surface area contributed by atoms with Gasteiger partial charge in [-0.2, -0.15) is 9.36 Å². The molecule has 3 fully saturated rings. The Kier molecular flexibility index (Phi) is 9.94. The van der Waals surface area contributed by atoms with Crippen LogP contribution in [0.1, 0.15) is 35.4 Å². The number of likely N-dealkylation sites (tertiary alicyclic amines) is 1. The summed E-state index contributed by atoms with van der Waals surface area (Å²) < 4.78 is 4.25. The number of carbonyl (C=O) groups excluding carboxylic acids is 3. The highest BCUT2D eigenvalue weighted by molar-refractivity contribution is 8.00. The molecule has 0 bridgehead atoms. The second-order valence-electron chi connectivity index (χ2n) is 13.4. The maximum atomic E-state index is 14.2. The van der Waals surface area contributed by atoms with Gasteiger partial charge in [0.15, 0.2) is 5.13 Å². The number of aromatic nitrogens is 2. The molecule has 4 aromatic rings. The van der Waals surface area contributed by atoms with E-state index in [2.05, 4.69) is 25.1 Å². The lowest BCUT2D eigenvalue weighted by Gasteiger charge is -2.49. The number of β-lactam (4-membered cyclic amide) rings is 1. The fraction of sp³-hybridized carbons (Fsp3) is 0.256. The van der Waals surface area contributed by atoms with Crippen LogP contribution in [-0.4, -0.2) is 96.5 Å². The molecule has 1 unspecified atom stereocenters. The van der Waals surface area contributed by atoms with E-state index in [4.69, 9.17) is 10.6 Å². The van der Waals surface area contributed by atoms with Crippen molar-refractivity contribution in [1.82, 2.24) is 29.8 Å². The highest BCUT2D eigenvalue weighted by Gasteiger charge is 2.54. The molecule has 0 saturated carbocycles. The Bertz CT molecular complexity index is 2130. The van der Waals surface area contributed by atoms with Crippen LogP contribution in [-0.2, 0) is 29.6 Å². The molecule has 0 aliphatic carbocycles. The van der Waals surface area contributed by atoms with E-state index in [1.54, 1.807) is 6.08 Å². The highest BCUT2D eigenvalue weighted by atomic mass is 32.2. The quantitative estimate of drug-likeness (QED) is 0.0576. The molecule has 14 nitrogen and oxygen atoms in total. The molecule has 5 heterocycles. The Morgan fingerprint density at radius 3 is 2.18 bits per heavy atom. The van der Waals surface area contributed by atoms with E-state index >= 15 is 0 Å². The predicted molar refractivity (Wildman–Crippen MR) is 207 cm³/mol. The van der Waals surface area contributed by atoms with Crippen LogP contribution in [0.5, 0.6) is 0 Å². The number of aliphatic carboxylic acids is 1. The Labute approximate surface area is 324 Å². The maximum absolute atomic E-state index is 14.2. The minimum Gasteiger partial charge on any atom is -0.477 e. The first-order chi connectivity index (χ1) is 26.8. The normalized spacial score (nSPS) is 22.1. The molecule has 3 amide bonds. The number of carbonyl (C=O) groups is 4. The molecule has 8 rings (SSSR count). The number of nitrogens with one attached hydrogen (secondary N) is 2. The first-order valence-electron chi connectivity index (χ1n) is 17.7. The zero-order valence-electron chi connectivity index (χ0n) is 29.3. The number of hydrogen-bond donors (Lipinski definition) is 4. The van der Waals surface area contributed by atoms with E-state index in [1.807, 2.05) is 95.9 Å². The number of carboxylic acids is 1. The molecule has 0 spiro atoms. The summed E-state index contributed by atoms with van der Waals surface area (Å²) in [6.45, 7) is 2.14. The number of oxime groups is 1. The van der Waals surface area contributed by atoms with Crippen molar-refractivity contribution in [2.75, 3.05) is 31.1 Å². The van der Waals surface area contributed by atoms with Crippen molar-refractivity contribution in [2.45, 2.75) is 35.9 Å². The lowest BCUT2D eigenvalue weighted by atomic mass is 9.80. The number of nitrogens with two attached hydrogens (primary N) is 1. The van der Waals surface area contributed by atoms with Gasteiger partial charge >= 0.3 is 5.97 Å². The molecule has 0 radical (unpaired) electrons. The summed E-state index contributed by atoms with van der Waals surface area (Å²) in [5.41, 5.74) is 7.16. The van der Waals surface area contributed by atoms with Gasteiger partial charge in [0.25, 0.3) is 11.8 Å². The van der Waals surface area contributed by atoms with Crippen LogP contribution in [0.4, 0.5) is 5.13 Å². The lowest BCUT2D eigenvalue weighted by Crippen LogP contribution is -2.71. The Morgan fingerprint density at radius 1 is 1.00 bits per heavy atom. The molecular weight excluding hydrogens is 741 g/mol.